The minimum atomic E-state index is -3.96. The summed E-state index contributed by atoms with van der Waals surface area (Å²) in [4.78, 5) is 14.9. The van der Waals surface area contributed by atoms with Crippen LogP contribution in [0.2, 0.25) is 0 Å². The third-order valence-corrected chi connectivity index (χ3v) is 8.01. The topological polar surface area (TPSA) is 86.7 Å². The van der Waals surface area contributed by atoms with Crippen molar-refractivity contribution < 1.29 is 18.3 Å². The molecule has 0 saturated heterocycles. The minimum absolute atomic E-state index is 0.00329. The van der Waals surface area contributed by atoms with E-state index in [1.807, 2.05) is 30.3 Å². The van der Waals surface area contributed by atoms with Gasteiger partial charge in [0.05, 0.1) is 15.5 Å². The van der Waals surface area contributed by atoms with Gasteiger partial charge in [-0.05, 0) is 48.4 Å². The maximum Gasteiger partial charge on any atom is 0.261 e. The molecule has 1 amide bonds. The van der Waals surface area contributed by atoms with Gasteiger partial charge >= 0.3 is 0 Å². The van der Waals surface area contributed by atoms with Crippen LogP contribution in [-0.2, 0) is 21.2 Å². The number of aromatic hydroxyl groups is 1. The zero-order valence-electron chi connectivity index (χ0n) is 18.6. The molecule has 4 rings (SSSR count). The van der Waals surface area contributed by atoms with Crippen LogP contribution in [0.5, 0.6) is 5.75 Å². The predicted octanol–water partition coefficient (Wildman–Crippen LogP) is 5.54. The van der Waals surface area contributed by atoms with Gasteiger partial charge in [-0.15, -0.1) is 0 Å². The fourth-order valence-corrected chi connectivity index (χ4v) is 6.01. The lowest BCUT2D eigenvalue weighted by atomic mass is 10.0. The van der Waals surface area contributed by atoms with Crippen LogP contribution in [0.1, 0.15) is 23.6 Å². The summed E-state index contributed by atoms with van der Waals surface area (Å²) in [5.74, 6) is -0.0730. The van der Waals surface area contributed by atoms with Crippen LogP contribution < -0.4 is 9.62 Å². The number of nitrogens with one attached hydrogen (secondary N) is 1. The maximum atomic E-state index is 13.3. The van der Waals surface area contributed by atoms with Crippen LogP contribution in [0.15, 0.2) is 82.4 Å². The number of anilines is 2. The summed E-state index contributed by atoms with van der Waals surface area (Å²) in [5.41, 5.74) is 2.64. The van der Waals surface area contributed by atoms with E-state index in [1.165, 1.54) is 36.9 Å². The number of phenolic OH excluding ortho intramolecular Hbond substituents is 1. The summed E-state index contributed by atoms with van der Waals surface area (Å²) in [6.45, 7) is 9.59. The van der Waals surface area contributed by atoms with Crippen LogP contribution in [0, 0.1) is 0 Å². The van der Waals surface area contributed by atoms with Crippen LogP contribution in [0.25, 0.3) is 12.2 Å². The highest BCUT2D eigenvalue weighted by Gasteiger charge is 2.26. The number of nitrogens with zero attached hydrogens (tertiary/aromatic N) is 1. The lowest BCUT2D eigenvalue weighted by Crippen LogP contribution is -2.25. The molecule has 1 aliphatic rings. The molecule has 0 unspecified atom stereocenters. The first kappa shape index (κ1) is 23.7. The number of phenols is 1. The van der Waals surface area contributed by atoms with Gasteiger partial charge in [0.2, 0.25) is 5.91 Å². The molecular weight excluding hydrogens is 468 g/mol. The molecule has 1 heterocycles. The molecule has 3 aromatic carbocycles. The van der Waals surface area contributed by atoms with Gasteiger partial charge in [0.15, 0.2) is 0 Å². The van der Waals surface area contributed by atoms with Crippen molar-refractivity contribution in [3.63, 3.8) is 0 Å². The zero-order valence-corrected chi connectivity index (χ0v) is 20.2. The van der Waals surface area contributed by atoms with E-state index in [4.69, 9.17) is 0 Å². The number of amides is 1. The lowest BCUT2D eigenvalue weighted by Gasteiger charge is -2.18. The van der Waals surface area contributed by atoms with Gasteiger partial charge in [-0.1, -0.05) is 55.3 Å². The third-order valence-electron chi connectivity index (χ3n) is 5.60. The molecule has 0 saturated carbocycles. The average molecular weight is 493 g/mol. The molecule has 0 fully saturated rings. The molecule has 0 aliphatic carbocycles. The molecule has 0 radical (unpaired) electrons. The number of fused-ring (bicyclic) bond motifs is 1. The Morgan fingerprint density at radius 2 is 1.79 bits per heavy atom. The van der Waals surface area contributed by atoms with Crippen LogP contribution in [-0.4, -0.2) is 26.0 Å². The first-order chi connectivity index (χ1) is 16.2. The number of hydrogen-bond donors (Lipinski definition) is 2. The highest BCUT2D eigenvalue weighted by molar-refractivity contribution is 7.99. The van der Waals surface area contributed by atoms with E-state index in [0.29, 0.717) is 29.0 Å². The SMILES string of the molecule is C=Cc1c(NS(=O)(=O)c2ccc3c(c2)CCN3C(C)=O)cc(Sc2ccccc2)c(O)c1C=C. The van der Waals surface area contributed by atoms with Gasteiger partial charge in [0.1, 0.15) is 5.75 Å². The molecule has 0 bridgehead atoms. The Hall–Kier alpha value is -3.49. The van der Waals surface area contributed by atoms with Gasteiger partial charge in [0, 0.05) is 35.2 Å². The van der Waals surface area contributed by atoms with Gasteiger partial charge < -0.3 is 10.0 Å². The van der Waals surface area contributed by atoms with E-state index in [2.05, 4.69) is 17.9 Å². The number of sulfonamides is 1. The molecule has 1 aliphatic heterocycles. The Balaban J connectivity index is 1.74. The molecule has 2 N–H and O–H groups in total. The number of carbonyl (C=O) groups excluding carboxylic acids is 1. The summed E-state index contributed by atoms with van der Waals surface area (Å²) in [6.07, 6.45) is 3.55. The van der Waals surface area contributed by atoms with Gasteiger partial charge in [-0.2, -0.15) is 0 Å². The molecular formula is C26H24N2O4S2. The van der Waals surface area contributed by atoms with Crippen LogP contribution in [0.3, 0.4) is 0 Å². The summed E-state index contributed by atoms with van der Waals surface area (Å²) < 4.78 is 29.3. The number of benzene rings is 3. The van der Waals surface area contributed by atoms with Crippen molar-refractivity contribution in [1.82, 2.24) is 0 Å². The second-order valence-corrected chi connectivity index (χ2v) is 10.5. The van der Waals surface area contributed by atoms with E-state index in [0.717, 1.165) is 16.1 Å². The predicted molar refractivity (Wildman–Crippen MR) is 138 cm³/mol. The third kappa shape index (κ3) is 4.47. The van der Waals surface area contributed by atoms with Crippen molar-refractivity contribution >= 4 is 51.2 Å². The molecule has 174 valence electrons. The summed E-state index contributed by atoms with van der Waals surface area (Å²) in [5, 5.41) is 10.8. The number of rotatable bonds is 7. The Kier molecular flexibility index (Phi) is 6.54. The van der Waals surface area contributed by atoms with Crippen molar-refractivity contribution in [2.75, 3.05) is 16.2 Å². The molecule has 6 nitrogen and oxygen atoms in total. The zero-order chi connectivity index (χ0) is 24.5. The fraction of sp³-hybridized carbons (Fsp3) is 0.115. The second-order valence-electron chi connectivity index (χ2n) is 7.74. The van der Waals surface area contributed by atoms with E-state index in [9.17, 15) is 18.3 Å². The fourth-order valence-electron chi connectivity index (χ4n) is 3.96. The van der Waals surface area contributed by atoms with Crippen molar-refractivity contribution in [3.05, 3.63) is 84.4 Å². The van der Waals surface area contributed by atoms with Crippen LogP contribution >= 0.6 is 11.8 Å². The molecule has 3 aromatic rings. The van der Waals surface area contributed by atoms with Gasteiger partial charge in [-0.25, -0.2) is 8.42 Å². The summed E-state index contributed by atoms with van der Waals surface area (Å²) in [6, 6.07) is 15.8. The maximum absolute atomic E-state index is 13.3. The second kappa shape index (κ2) is 9.40. The summed E-state index contributed by atoms with van der Waals surface area (Å²) >= 11 is 1.31. The molecule has 34 heavy (non-hydrogen) atoms. The average Bonchev–Trinajstić information content (AvgIpc) is 3.25. The first-order valence-electron chi connectivity index (χ1n) is 10.6. The quantitative estimate of drug-likeness (QED) is 0.423. The van der Waals surface area contributed by atoms with Gasteiger partial charge in [-0.3, -0.25) is 9.52 Å². The largest absolute Gasteiger partial charge is 0.506 e. The Labute approximate surface area is 203 Å². The molecule has 0 aromatic heterocycles. The Morgan fingerprint density at radius 3 is 2.44 bits per heavy atom. The normalized spacial score (nSPS) is 12.8. The van der Waals surface area contributed by atoms with Crippen molar-refractivity contribution in [1.29, 1.82) is 0 Å². The van der Waals surface area contributed by atoms with Crippen LogP contribution in [0.4, 0.5) is 11.4 Å². The van der Waals surface area contributed by atoms with Crippen molar-refractivity contribution in [3.8, 4) is 5.75 Å². The van der Waals surface area contributed by atoms with Crippen molar-refractivity contribution in [2.24, 2.45) is 0 Å². The number of carbonyl (C=O) groups is 1. The van der Waals surface area contributed by atoms with E-state index >= 15 is 0 Å². The Morgan fingerprint density at radius 1 is 1.09 bits per heavy atom. The lowest BCUT2D eigenvalue weighted by molar-refractivity contribution is -0.116. The summed E-state index contributed by atoms with van der Waals surface area (Å²) in [7, 11) is -3.96. The standard InChI is InChI=1S/C26H24N2O4S2/c1-4-21-22(5-2)26(30)25(33-19-9-7-6-8-10-19)16-23(21)27-34(31,32)20-11-12-24-18(15-20)13-14-28(24)17(3)29/h4-12,15-16,27,30H,1-2,13-14H2,3H3. The number of hydrogen-bond acceptors (Lipinski definition) is 5. The van der Waals surface area contributed by atoms with E-state index < -0.39 is 10.0 Å². The van der Waals surface area contributed by atoms with Crippen molar-refractivity contribution in [2.45, 2.75) is 28.0 Å². The highest BCUT2D eigenvalue weighted by atomic mass is 32.2. The molecule has 0 spiro atoms. The molecule has 0 atom stereocenters. The smallest absolute Gasteiger partial charge is 0.261 e. The molecule has 8 heteroatoms. The minimum Gasteiger partial charge on any atom is -0.506 e. The highest BCUT2D eigenvalue weighted by Crippen LogP contribution is 2.42. The first-order valence-corrected chi connectivity index (χ1v) is 12.9. The Bertz CT molecular complexity index is 1400. The monoisotopic (exact) mass is 492 g/mol. The van der Waals surface area contributed by atoms with E-state index in [-0.39, 0.29) is 22.2 Å². The van der Waals surface area contributed by atoms with E-state index in [1.54, 1.807) is 23.1 Å². The van der Waals surface area contributed by atoms with Gasteiger partial charge in [0.25, 0.3) is 10.0 Å².